The Hall–Kier alpha value is -3.60. The zero-order chi connectivity index (χ0) is 19.7. The lowest BCUT2D eigenvalue weighted by molar-refractivity contribution is -0.119. The van der Waals surface area contributed by atoms with Crippen LogP contribution in [-0.2, 0) is 9.59 Å². The van der Waals surface area contributed by atoms with E-state index in [0.717, 1.165) is 28.2 Å². The van der Waals surface area contributed by atoms with Crippen molar-refractivity contribution in [1.82, 2.24) is 0 Å². The minimum absolute atomic E-state index is 0.0465. The van der Waals surface area contributed by atoms with Crippen LogP contribution in [0.2, 0.25) is 0 Å². The second-order valence-corrected chi connectivity index (χ2v) is 6.91. The van der Waals surface area contributed by atoms with Gasteiger partial charge >= 0.3 is 0 Å². The van der Waals surface area contributed by atoms with E-state index in [1.54, 1.807) is 4.90 Å². The van der Waals surface area contributed by atoms with E-state index in [2.05, 4.69) is 10.6 Å². The number of rotatable bonds is 3. The molecule has 0 aromatic heterocycles. The molecule has 4 rings (SSSR count). The van der Waals surface area contributed by atoms with E-state index in [1.807, 2.05) is 79.7 Å². The third kappa shape index (κ3) is 3.34. The highest BCUT2D eigenvalue weighted by molar-refractivity contribution is 6.10. The minimum Gasteiger partial charge on any atom is -0.368 e. The van der Waals surface area contributed by atoms with Crippen LogP contribution in [0, 0.1) is 6.92 Å². The van der Waals surface area contributed by atoms with Crippen LogP contribution in [0.1, 0.15) is 24.1 Å². The summed E-state index contributed by atoms with van der Waals surface area (Å²) in [5.41, 5.74) is 5.26. The molecule has 2 amide bonds. The predicted octanol–water partition coefficient (Wildman–Crippen LogP) is 4.78. The summed E-state index contributed by atoms with van der Waals surface area (Å²) in [5.74, 6) is -0.172. The lowest BCUT2D eigenvalue weighted by atomic mass is 10.00. The number of carbonyl (C=O) groups excluding carboxylic acids is 2. The Morgan fingerprint density at radius 2 is 1.64 bits per heavy atom. The molecule has 1 aliphatic heterocycles. The molecule has 28 heavy (non-hydrogen) atoms. The van der Waals surface area contributed by atoms with Gasteiger partial charge in [0.25, 0.3) is 5.91 Å². The number of nitrogens with zero attached hydrogens (tertiary/aromatic N) is 1. The number of hydrogen-bond acceptors (Lipinski definition) is 3. The van der Waals surface area contributed by atoms with Gasteiger partial charge in [0.2, 0.25) is 5.91 Å². The number of amides is 2. The maximum atomic E-state index is 13.4. The zero-order valence-electron chi connectivity index (χ0n) is 15.8. The van der Waals surface area contributed by atoms with Gasteiger partial charge in [-0.3, -0.25) is 14.5 Å². The number of carbonyl (C=O) groups is 2. The number of fused-ring (bicyclic) bond motifs is 1. The Bertz CT molecular complexity index is 1030. The quantitative estimate of drug-likeness (QED) is 0.696. The summed E-state index contributed by atoms with van der Waals surface area (Å²) in [6.07, 6.45) is 0. The molecule has 3 aromatic carbocycles. The average Bonchev–Trinajstić information content (AvgIpc) is 2.69. The average molecular weight is 371 g/mol. The van der Waals surface area contributed by atoms with Gasteiger partial charge in [-0.15, -0.1) is 0 Å². The largest absolute Gasteiger partial charge is 0.368 e. The number of anilines is 4. The van der Waals surface area contributed by atoms with E-state index in [-0.39, 0.29) is 11.8 Å². The molecular weight excluding hydrogens is 350 g/mol. The number of benzene rings is 3. The second kappa shape index (κ2) is 7.19. The van der Waals surface area contributed by atoms with Crippen molar-refractivity contribution < 1.29 is 9.59 Å². The summed E-state index contributed by atoms with van der Waals surface area (Å²) in [5, 5.41) is 6.10. The maximum absolute atomic E-state index is 13.4. The molecule has 1 atom stereocenters. The van der Waals surface area contributed by atoms with Gasteiger partial charge in [0.15, 0.2) is 0 Å². The van der Waals surface area contributed by atoms with Crippen molar-refractivity contribution in [3.05, 3.63) is 83.9 Å². The van der Waals surface area contributed by atoms with Crippen LogP contribution >= 0.6 is 0 Å². The van der Waals surface area contributed by atoms with E-state index in [9.17, 15) is 9.59 Å². The Balaban J connectivity index is 1.73. The van der Waals surface area contributed by atoms with Crippen molar-refractivity contribution in [2.24, 2.45) is 0 Å². The molecule has 0 saturated heterocycles. The van der Waals surface area contributed by atoms with Gasteiger partial charge in [-0.2, -0.15) is 0 Å². The highest BCUT2D eigenvalue weighted by Gasteiger charge is 2.34. The van der Waals surface area contributed by atoms with Crippen LogP contribution in [0.25, 0.3) is 0 Å². The van der Waals surface area contributed by atoms with Crippen LogP contribution in [0.5, 0.6) is 0 Å². The molecule has 5 heteroatoms. The summed E-state index contributed by atoms with van der Waals surface area (Å²) >= 11 is 0. The lowest BCUT2D eigenvalue weighted by Gasteiger charge is -2.35. The zero-order valence-corrected chi connectivity index (χ0v) is 15.8. The fraction of sp³-hybridized carbons (Fsp3) is 0.130. The first-order valence-corrected chi connectivity index (χ1v) is 9.17. The highest BCUT2D eigenvalue weighted by Crippen LogP contribution is 2.40. The Morgan fingerprint density at radius 3 is 2.32 bits per heavy atom. The van der Waals surface area contributed by atoms with Gasteiger partial charge in [0, 0.05) is 18.3 Å². The summed E-state index contributed by atoms with van der Waals surface area (Å²) in [6, 6.07) is 22.6. The van der Waals surface area contributed by atoms with E-state index in [0.29, 0.717) is 5.69 Å². The highest BCUT2D eigenvalue weighted by atomic mass is 16.2. The third-order valence-corrected chi connectivity index (χ3v) is 4.77. The molecule has 5 nitrogen and oxygen atoms in total. The van der Waals surface area contributed by atoms with Crippen LogP contribution in [-0.4, -0.2) is 11.8 Å². The van der Waals surface area contributed by atoms with Crippen LogP contribution in [0.15, 0.2) is 72.8 Å². The molecule has 0 aliphatic carbocycles. The summed E-state index contributed by atoms with van der Waals surface area (Å²) in [7, 11) is 0. The molecule has 1 unspecified atom stereocenters. The van der Waals surface area contributed by atoms with Crippen molar-refractivity contribution in [3.63, 3.8) is 0 Å². The number of para-hydroxylation sites is 2. The normalized spacial score (nSPS) is 15.6. The third-order valence-electron chi connectivity index (χ3n) is 4.77. The van der Waals surface area contributed by atoms with Crippen molar-refractivity contribution in [1.29, 1.82) is 0 Å². The summed E-state index contributed by atoms with van der Waals surface area (Å²) < 4.78 is 0. The van der Waals surface area contributed by atoms with E-state index in [4.69, 9.17) is 0 Å². The number of aryl methyl sites for hydroxylation is 1. The second-order valence-electron chi connectivity index (χ2n) is 6.91. The fourth-order valence-corrected chi connectivity index (χ4v) is 3.40. The minimum atomic E-state index is -0.511. The molecule has 0 bridgehead atoms. The van der Waals surface area contributed by atoms with Crippen molar-refractivity contribution >= 4 is 34.6 Å². The van der Waals surface area contributed by atoms with Crippen molar-refractivity contribution in [3.8, 4) is 0 Å². The van der Waals surface area contributed by atoms with Crippen LogP contribution in [0.3, 0.4) is 0 Å². The lowest BCUT2D eigenvalue weighted by Crippen LogP contribution is -2.39. The summed E-state index contributed by atoms with van der Waals surface area (Å²) in [6.45, 7) is 3.49. The molecule has 2 N–H and O–H groups in total. The van der Waals surface area contributed by atoms with Crippen LogP contribution < -0.4 is 15.5 Å². The van der Waals surface area contributed by atoms with Gasteiger partial charge < -0.3 is 10.6 Å². The smallest absolute Gasteiger partial charge is 0.258 e. The monoisotopic (exact) mass is 371 g/mol. The van der Waals surface area contributed by atoms with Crippen LogP contribution in [0.4, 0.5) is 22.7 Å². The fourth-order valence-electron chi connectivity index (χ4n) is 3.40. The van der Waals surface area contributed by atoms with Crippen molar-refractivity contribution in [2.45, 2.75) is 19.9 Å². The molecule has 0 saturated carbocycles. The molecule has 0 spiro atoms. The molecular formula is C23H21N3O2. The molecule has 0 radical (unpaired) electrons. The molecule has 1 aliphatic rings. The van der Waals surface area contributed by atoms with E-state index >= 15 is 0 Å². The first kappa shape index (κ1) is 17.8. The van der Waals surface area contributed by atoms with Crippen molar-refractivity contribution in [2.75, 3.05) is 15.5 Å². The predicted molar refractivity (Wildman–Crippen MR) is 112 cm³/mol. The van der Waals surface area contributed by atoms with Gasteiger partial charge in [-0.1, -0.05) is 42.0 Å². The Labute approximate surface area is 164 Å². The van der Waals surface area contributed by atoms with Gasteiger partial charge in [0.05, 0.1) is 11.4 Å². The SMILES string of the molecule is CC(=O)Nc1ccc(C2Nc3ccccc3N(c3ccc(C)cc3)C2=O)cc1. The molecule has 140 valence electrons. The Kier molecular flexibility index (Phi) is 4.57. The summed E-state index contributed by atoms with van der Waals surface area (Å²) in [4.78, 5) is 26.4. The first-order valence-electron chi connectivity index (χ1n) is 9.17. The van der Waals surface area contributed by atoms with E-state index in [1.165, 1.54) is 6.92 Å². The maximum Gasteiger partial charge on any atom is 0.258 e. The standard InChI is InChI=1S/C23H21N3O2/c1-15-7-13-19(14-8-15)26-21-6-4-3-5-20(21)25-22(23(26)28)17-9-11-18(12-10-17)24-16(2)27/h3-14,22,25H,1-2H3,(H,24,27). The first-order chi connectivity index (χ1) is 13.5. The van der Waals surface area contributed by atoms with E-state index < -0.39 is 6.04 Å². The molecule has 1 heterocycles. The molecule has 3 aromatic rings. The number of hydrogen-bond donors (Lipinski definition) is 2. The van der Waals surface area contributed by atoms with Gasteiger partial charge in [0.1, 0.15) is 6.04 Å². The van der Waals surface area contributed by atoms with Gasteiger partial charge in [-0.25, -0.2) is 0 Å². The number of nitrogens with one attached hydrogen (secondary N) is 2. The molecule has 0 fully saturated rings. The Morgan fingerprint density at radius 1 is 0.964 bits per heavy atom. The topological polar surface area (TPSA) is 61.4 Å². The van der Waals surface area contributed by atoms with Gasteiger partial charge in [-0.05, 0) is 48.9 Å².